The first-order chi connectivity index (χ1) is 5.35. The van der Waals surface area contributed by atoms with Crippen molar-refractivity contribution in [3.05, 3.63) is 0 Å². The molecule has 1 saturated carbocycles. The summed E-state index contributed by atoms with van der Waals surface area (Å²) in [6.07, 6.45) is 4.18. The van der Waals surface area contributed by atoms with Crippen molar-refractivity contribution < 1.29 is 4.74 Å². The summed E-state index contributed by atoms with van der Waals surface area (Å²) in [6.45, 7) is 4.92. The van der Waals surface area contributed by atoms with Gasteiger partial charge in [0.1, 0.15) is 0 Å². The highest BCUT2D eigenvalue weighted by molar-refractivity contribution is 4.96. The molecule has 0 N–H and O–H groups in total. The topological polar surface area (TPSA) is 12.5 Å². The zero-order valence-corrected chi connectivity index (χ0v) is 7.31. The van der Waals surface area contributed by atoms with Crippen LogP contribution in [-0.2, 0) is 4.74 Å². The maximum atomic E-state index is 5.21. The SMILES string of the molecule is COCC1(CN2CCC2)CC1. The first-order valence-electron chi connectivity index (χ1n) is 4.56. The van der Waals surface area contributed by atoms with Crippen molar-refractivity contribution in [3.8, 4) is 0 Å². The summed E-state index contributed by atoms with van der Waals surface area (Å²) in [7, 11) is 1.82. The van der Waals surface area contributed by atoms with Gasteiger partial charge in [-0.25, -0.2) is 0 Å². The largest absolute Gasteiger partial charge is 0.384 e. The second kappa shape index (κ2) is 2.76. The van der Waals surface area contributed by atoms with Gasteiger partial charge >= 0.3 is 0 Å². The number of hydrogen-bond acceptors (Lipinski definition) is 2. The number of hydrogen-bond donors (Lipinski definition) is 0. The normalized spacial score (nSPS) is 28.1. The van der Waals surface area contributed by atoms with Gasteiger partial charge in [-0.3, -0.25) is 0 Å². The molecule has 2 fully saturated rings. The van der Waals surface area contributed by atoms with E-state index in [0.717, 1.165) is 6.61 Å². The molecule has 2 nitrogen and oxygen atoms in total. The van der Waals surface area contributed by atoms with Crippen molar-refractivity contribution in [1.29, 1.82) is 0 Å². The second-order valence-corrected chi connectivity index (χ2v) is 4.06. The molecular formula is C9H17NO. The van der Waals surface area contributed by atoms with Crippen LogP contribution in [0.4, 0.5) is 0 Å². The molecule has 0 atom stereocenters. The fourth-order valence-corrected chi connectivity index (χ4v) is 1.85. The van der Waals surface area contributed by atoms with Crippen LogP contribution in [0.15, 0.2) is 0 Å². The first-order valence-corrected chi connectivity index (χ1v) is 4.56. The maximum absolute atomic E-state index is 5.21. The number of likely N-dealkylation sites (tertiary alicyclic amines) is 1. The number of methoxy groups -OCH3 is 1. The van der Waals surface area contributed by atoms with Gasteiger partial charge in [0.15, 0.2) is 0 Å². The van der Waals surface area contributed by atoms with Gasteiger partial charge in [-0.2, -0.15) is 0 Å². The molecule has 2 aliphatic rings. The van der Waals surface area contributed by atoms with E-state index in [0.29, 0.717) is 5.41 Å². The zero-order chi connectivity index (χ0) is 7.73. The van der Waals surface area contributed by atoms with E-state index < -0.39 is 0 Å². The lowest BCUT2D eigenvalue weighted by molar-refractivity contribution is 0.0826. The third-order valence-corrected chi connectivity index (χ3v) is 2.92. The summed E-state index contributed by atoms with van der Waals surface area (Å²) in [5.74, 6) is 0. The standard InChI is InChI=1S/C9H17NO/c1-11-8-9(3-4-9)7-10-5-2-6-10/h2-8H2,1H3. The number of rotatable bonds is 4. The fourth-order valence-electron chi connectivity index (χ4n) is 1.85. The molecular weight excluding hydrogens is 138 g/mol. The summed E-state index contributed by atoms with van der Waals surface area (Å²) in [4.78, 5) is 2.55. The van der Waals surface area contributed by atoms with Crippen molar-refractivity contribution in [2.45, 2.75) is 19.3 Å². The maximum Gasteiger partial charge on any atom is 0.0530 e. The molecule has 64 valence electrons. The first kappa shape index (κ1) is 7.56. The van der Waals surface area contributed by atoms with Crippen molar-refractivity contribution in [2.24, 2.45) is 5.41 Å². The fraction of sp³-hybridized carbons (Fsp3) is 1.00. The van der Waals surface area contributed by atoms with Crippen LogP contribution in [0.3, 0.4) is 0 Å². The Labute approximate surface area is 68.5 Å². The van der Waals surface area contributed by atoms with E-state index in [9.17, 15) is 0 Å². The van der Waals surface area contributed by atoms with Gasteiger partial charge in [0.2, 0.25) is 0 Å². The minimum absolute atomic E-state index is 0.579. The molecule has 1 heterocycles. The Bertz CT molecular complexity index is 138. The highest BCUT2D eigenvalue weighted by atomic mass is 16.5. The molecule has 0 aromatic carbocycles. The molecule has 0 radical (unpaired) electrons. The van der Waals surface area contributed by atoms with Gasteiger partial charge in [0.25, 0.3) is 0 Å². The third-order valence-electron chi connectivity index (χ3n) is 2.92. The Balaban J connectivity index is 1.74. The minimum atomic E-state index is 0.579. The van der Waals surface area contributed by atoms with Crippen LogP contribution < -0.4 is 0 Å². The van der Waals surface area contributed by atoms with Crippen molar-refractivity contribution in [3.63, 3.8) is 0 Å². The molecule has 1 aliphatic heterocycles. The van der Waals surface area contributed by atoms with Gasteiger partial charge in [0, 0.05) is 19.1 Å². The van der Waals surface area contributed by atoms with E-state index in [1.54, 1.807) is 0 Å². The lowest BCUT2D eigenvalue weighted by atomic mass is 10.1. The summed E-state index contributed by atoms with van der Waals surface area (Å²) >= 11 is 0. The summed E-state index contributed by atoms with van der Waals surface area (Å²) in [5.41, 5.74) is 0.579. The summed E-state index contributed by atoms with van der Waals surface area (Å²) in [5, 5.41) is 0. The lowest BCUT2D eigenvalue weighted by Gasteiger charge is -2.34. The van der Waals surface area contributed by atoms with Gasteiger partial charge in [-0.15, -0.1) is 0 Å². The highest BCUT2D eigenvalue weighted by Crippen LogP contribution is 2.46. The van der Waals surface area contributed by atoms with E-state index in [1.807, 2.05) is 7.11 Å². The molecule has 11 heavy (non-hydrogen) atoms. The molecule has 0 unspecified atom stereocenters. The summed E-state index contributed by atoms with van der Waals surface area (Å²) < 4.78 is 5.21. The molecule has 0 bridgehead atoms. The zero-order valence-electron chi connectivity index (χ0n) is 7.31. The predicted molar refractivity (Wildman–Crippen MR) is 44.6 cm³/mol. The molecule has 0 aromatic heterocycles. The van der Waals surface area contributed by atoms with Gasteiger partial charge in [-0.05, 0) is 32.4 Å². The Morgan fingerprint density at radius 1 is 1.36 bits per heavy atom. The molecule has 1 aliphatic carbocycles. The van der Waals surface area contributed by atoms with Crippen molar-refractivity contribution in [1.82, 2.24) is 4.90 Å². The lowest BCUT2D eigenvalue weighted by Crippen LogP contribution is -2.42. The van der Waals surface area contributed by atoms with Crippen LogP contribution in [0, 0.1) is 5.41 Å². The molecule has 0 spiro atoms. The van der Waals surface area contributed by atoms with Gasteiger partial charge < -0.3 is 9.64 Å². The van der Waals surface area contributed by atoms with Crippen LogP contribution in [0.25, 0.3) is 0 Å². The molecule has 2 heteroatoms. The number of nitrogens with zero attached hydrogens (tertiary/aromatic N) is 1. The quantitative estimate of drug-likeness (QED) is 0.603. The predicted octanol–water partition coefficient (Wildman–Crippen LogP) is 1.12. The molecule has 0 aromatic rings. The van der Waals surface area contributed by atoms with E-state index >= 15 is 0 Å². The van der Waals surface area contributed by atoms with Crippen LogP contribution in [0.5, 0.6) is 0 Å². The van der Waals surface area contributed by atoms with Crippen molar-refractivity contribution in [2.75, 3.05) is 33.4 Å². The Kier molecular flexibility index (Phi) is 1.90. The van der Waals surface area contributed by atoms with Crippen LogP contribution in [0.1, 0.15) is 19.3 Å². The third kappa shape index (κ3) is 1.57. The molecule has 0 amide bonds. The van der Waals surface area contributed by atoms with Crippen LogP contribution in [-0.4, -0.2) is 38.3 Å². The van der Waals surface area contributed by atoms with E-state index in [4.69, 9.17) is 4.74 Å². The highest BCUT2D eigenvalue weighted by Gasteiger charge is 2.44. The average Bonchev–Trinajstić information content (AvgIpc) is 2.62. The Hall–Kier alpha value is -0.0800. The van der Waals surface area contributed by atoms with Gasteiger partial charge in [-0.1, -0.05) is 0 Å². The van der Waals surface area contributed by atoms with Crippen LogP contribution >= 0.6 is 0 Å². The van der Waals surface area contributed by atoms with Gasteiger partial charge in [0.05, 0.1) is 6.61 Å². The monoisotopic (exact) mass is 155 g/mol. The second-order valence-electron chi connectivity index (χ2n) is 4.06. The van der Waals surface area contributed by atoms with E-state index in [2.05, 4.69) is 4.90 Å². The van der Waals surface area contributed by atoms with E-state index in [1.165, 1.54) is 38.9 Å². The molecule has 1 saturated heterocycles. The van der Waals surface area contributed by atoms with E-state index in [-0.39, 0.29) is 0 Å². The smallest absolute Gasteiger partial charge is 0.0530 e. The average molecular weight is 155 g/mol. The molecule has 2 rings (SSSR count). The van der Waals surface area contributed by atoms with Crippen LogP contribution in [0.2, 0.25) is 0 Å². The Morgan fingerprint density at radius 2 is 2.09 bits per heavy atom. The minimum Gasteiger partial charge on any atom is -0.384 e. The number of ether oxygens (including phenoxy) is 1. The summed E-state index contributed by atoms with van der Waals surface area (Å²) in [6, 6.07) is 0. The van der Waals surface area contributed by atoms with Crippen molar-refractivity contribution >= 4 is 0 Å². The Morgan fingerprint density at radius 3 is 2.45 bits per heavy atom.